The van der Waals surface area contributed by atoms with E-state index >= 15 is 0 Å². The van der Waals surface area contributed by atoms with Gasteiger partial charge in [0.05, 0.1) is 19.2 Å². The lowest BCUT2D eigenvalue weighted by molar-refractivity contribution is -0.115. The maximum Gasteiger partial charge on any atom is 0.228 e. The Morgan fingerprint density at radius 1 is 1.07 bits per heavy atom. The van der Waals surface area contributed by atoms with Crippen molar-refractivity contribution < 1.29 is 9.53 Å². The van der Waals surface area contributed by atoms with Gasteiger partial charge >= 0.3 is 0 Å². The zero-order chi connectivity index (χ0) is 21.1. The Hall–Kier alpha value is -3.24. The van der Waals surface area contributed by atoms with E-state index in [1.807, 2.05) is 61.5 Å². The standard InChI is InChI=1S/C25H23ClN2O2/c1-17-7-12-24(30-2)22(13-17)27-25(29)14-19-16-28(23-6-4-3-5-21(19)23)15-18-8-10-20(26)11-9-18/h3-13,16H,14-15H2,1-2H3,(H,27,29). The van der Waals surface area contributed by atoms with Crippen molar-refractivity contribution in [1.82, 2.24) is 4.57 Å². The average Bonchev–Trinajstić information content (AvgIpc) is 3.07. The number of carbonyl (C=O) groups is 1. The Labute approximate surface area is 181 Å². The molecule has 3 aromatic carbocycles. The van der Waals surface area contributed by atoms with Crippen LogP contribution in [0.25, 0.3) is 10.9 Å². The number of aromatic nitrogens is 1. The number of amides is 1. The fourth-order valence-corrected chi connectivity index (χ4v) is 3.79. The second-order valence-electron chi connectivity index (χ2n) is 7.35. The number of nitrogens with zero attached hydrogens (tertiary/aromatic N) is 1. The minimum atomic E-state index is -0.0757. The minimum absolute atomic E-state index is 0.0757. The van der Waals surface area contributed by atoms with Crippen molar-refractivity contribution in [2.45, 2.75) is 19.9 Å². The zero-order valence-electron chi connectivity index (χ0n) is 17.0. The zero-order valence-corrected chi connectivity index (χ0v) is 17.7. The molecule has 0 unspecified atom stereocenters. The molecule has 0 aliphatic carbocycles. The second kappa shape index (κ2) is 8.64. The number of anilines is 1. The number of halogens is 1. The van der Waals surface area contributed by atoms with Crippen LogP contribution < -0.4 is 10.1 Å². The van der Waals surface area contributed by atoms with Crippen LogP contribution in [0.15, 0.2) is 72.9 Å². The van der Waals surface area contributed by atoms with E-state index in [9.17, 15) is 4.79 Å². The van der Waals surface area contributed by atoms with Crippen LogP contribution in [-0.2, 0) is 17.8 Å². The monoisotopic (exact) mass is 418 g/mol. The van der Waals surface area contributed by atoms with Gasteiger partial charge in [-0.2, -0.15) is 0 Å². The first-order valence-electron chi connectivity index (χ1n) is 9.79. The topological polar surface area (TPSA) is 43.3 Å². The van der Waals surface area contributed by atoms with Crippen LogP contribution in [0.5, 0.6) is 5.75 Å². The summed E-state index contributed by atoms with van der Waals surface area (Å²) in [6.45, 7) is 2.70. The van der Waals surface area contributed by atoms with Crippen LogP contribution in [0.2, 0.25) is 5.02 Å². The highest BCUT2D eigenvalue weighted by molar-refractivity contribution is 6.30. The van der Waals surface area contributed by atoms with E-state index in [1.54, 1.807) is 7.11 Å². The molecule has 1 aromatic heterocycles. The highest BCUT2D eigenvalue weighted by Crippen LogP contribution is 2.27. The summed E-state index contributed by atoms with van der Waals surface area (Å²) < 4.78 is 7.55. The molecule has 4 nitrogen and oxygen atoms in total. The number of rotatable bonds is 6. The van der Waals surface area contributed by atoms with Gasteiger partial charge in [0, 0.05) is 28.7 Å². The van der Waals surface area contributed by atoms with Crippen LogP contribution >= 0.6 is 11.6 Å². The largest absolute Gasteiger partial charge is 0.495 e. The number of methoxy groups -OCH3 is 1. The molecule has 1 heterocycles. The SMILES string of the molecule is COc1ccc(C)cc1NC(=O)Cc1cn(Cc2ccc(Cl)cc2)c2ccccc12. The summed E-state index contributed by atoms with van der Waals surface area (Å²) in [6, 6.07) is 21.7. The Morgan fingerprint density at radius 3 is 2.60 bits per heavy atom. The van der Waals surface area contributed by atoms with E-state index in [0.29, 0.717) is 18.0 Å². The average molecular weight is 419 g/mol. The van der Waals surface area contributed by atoms with E-state index in [0.717, 1.165) is 32.6 Å². The van der Waals surface area contributed by atoms with Crippen molar-refractivity contribution >= 4 is 34.1 Å². The fraction of sp³-hybridized carbons (Fsp3) is 0.160. The first-order chi connectivity index (χ1) is 14.5. The first-order valence-corrected chi connectivity index (χ1v) is 10.2. The van der Waals surface area contributed by atoms with Crippen LogP contribution in [0.3, 0.4) is 0 Å². The van der Waals surface area contributed by atoms with Crippen molar-refractivity contribution in [3.8, 4) is 5.75 Å². The van der Waals surface area contributed by atoms with Gasteiger partial charge in [-0.25, -0.2) is 0 Å². The molecule has 1 amide bonds. The predicted octanol–water partition coefficient (Wildman–Crippen LogP) is 5.84. The van der Waals surface area contributed by atoms with Crippen LogP contribution in [0, 0.1) is 6.92 Å². The Bertz CT molecular complexity index is 1200. The summed E-state index contributed by atoms with van der Waals surface area (Å²) in [7, 11) is 1.60. The third kappa shape index (κ3) is 4.34. The highest BCUT2D eigenvalue weighted by Gasteiger charge is 2.14. The molecule has 1 N–H and O–H groups in total. The molecule has 4 aromatic rings. The number of para-hydroxylation sites is 1. The maximum absolute atomic E-state index is 12.8. The van der Waals surface area contributed by atoms with Gasteiger partial charge in [0.1, 0.15) is 5.75 Å². The van der Waals surface area contributed by atoms with Gasteiger partial charge in [0.2, 0.25) is 5.91 Å². The number of nitrogens with one attached hydrogen (secondary N) is 1. The van der Waals surface area contributed by atoms with Crippen molar-refractivity contribution in [3.63, 3.8) is 0 Å². The van der Waals surface area contributed by atoms with Crippen molar-refractivity contribution in [3.05, 3.63) is 94.6 Å². The number of ether oxygens (including phenoxy) is 1. The molecule has 4 rings (SSSR count). The van der Waals surface area contributed by atoms with Gasteiger partial charge in [-0.1, -0.05) is 48.0 Å². The fourth-order valence-electron chi connectivity index (χ4n) is 3.67. The molecular formula is C25H23ClN2O2. The highest BCUT2D eigenvalue weighted by atomic mass is 35.5. The number of aryl methyl sites for hydroxylation is 1. The summed E-state index contributed by atoms with van der Waals surface area (Å²) in [5, 5.41) is 4.80. The van der Waals surface area contributed by atoms with E-state index in [2.05, 4.69) is 28.2 Å². The lowest BCUT2D eigenvalue weighted by Crippen LogP contribution is -2.15. The Kier molecular flexibility index (Phi) is 5.77. The van der Waals surface area contributed by atoms with Gasteiger partial charge < -0.3 is 14.6 Å². The third-order valence-corrected chi connectivity index (χ3v) is 5.37. The molecule has 30 heavy (non-hydrogen) atoms. The smallest absolute Gasteiger partial charge is 0.228 e. The summed E-state index contributed by atoms with van der Waals surface area (Å²) in [5.41, 5.74) is 4.99. The number of benzene rings is 3. The van der Waals surface area contributed by atoms with E-state index in [1.165, 1.54) is 0 Å². The normalized spacial score (nSPS) is 10.9. The molecule has 0 spiro atoms. The van der Waals surface area contributed by atoms with Crippen LogP contribution in [0.1, 0.15) is 16.7 Å². The van der Waals surface area contributed by atoms with Crippen LogP contribution in [0.4, 0.5) is 5.69 Å². The maximum atomic E-state index is 12.8. The van der Waals surface area contributed by atoms with Gasteiger partial charge in [-0.3, -0.25) is 4.79 Å². The molecule has 0 saturated heterocycles. The van der Waals surface area contributed by atoms with Crippen LogP contribution in [-0.4, -0.2) is 17.6 Å². The predicted molar refractivity (Wildman–Crippen MR) is 123 cm³/mol. The quantitative estimate of drug-likeness (QED) is 0.427. The molecule has 0 fully saturated rings. The van der Waals surface area contributed by atoms with Crippen molar-refractivity contribution in [2.24, 2.45) is 0 Å². The molecule has 0 aliphatic rings. The molecule has 0 radical (unpaired) electrons. The van der Waals surface area contributed by atoms with E-state index < -0.39 is 0 Å². The van der Waals surface area contributed by atoms with Gasteiger partial charge in [-0.15, -0.1) is 0 Å². The third-order valence-electron chi connectivity index (χ3n) is 5.12. The summed E-state index contributed by atoms with van der Waals surface area (Å²) in [4.78, 5) is 12.8. The first kappa shape index (κ1) is 20.0. The van der Waals surface area contributed by atoms with Gasteiger partial charge in [0.15, 0.2) is 0 Å². The summed E-state index contributed by atoms with van der Waals surface area (Å²) in [6.07, 6.45) is 2.34. The number of hydrogen-bond donors (Lipinski definition) is 1. The number of fused-ring (bicyclic) bond motifs is 1. The lowest BCUT2D eigenvalue weighted by atomic mass is 10.1. The molecule has 152 valence electrons. The molecule has 5 heteroatoms. The Balaban J connectivity index is 1.59. The Morgan fingerprint density at radius 2 is 1.83 bits per heavy atom. The summed E-state index contributed by atoms with van der Waals surface area (Å²) in [5.74, 6) is 0.576. The molecule has 0 saturated carbocycles. The van der Waals surface area contributed by atoms with Gasteiger partial charge in [0.25, 0.3) is 0 Å². The van der Waals surface area contributed by atoms with E-state index in [4.69, 9.17) is 16.3 Å². The summed E-state index contributed by atoms with van der Waals surface area (Å²) >= 11 is 6.01. The van der Waals surface area contributed by atoms with Crippen molar-refractivity contribution in [1.29, 1.82) is 0 Å². The van der Waals surface area contributed by atoms with Gasteiger partial charge in [-0.05, 0) is 53.9 Å². The molecule has 0 aliphatic heterocycles. The second-order valence-corrected chi connectivity index (χ2v) is 7.79. The number of hydrogen-bond acceptors (Lipinski definition) is 2. The molecular weight excluding hydrogens is 396 g/mol. The van der Waals surface area contributed by atoms with Crippen molar-refractivity contribution in [2.75, 3.05) is 12.4 Å². The molecule has 0 bridgehead atoms. The minimum Gasteiger partial charge on any atom is -0.495 e. The number of carbonyl (C=O) groups excluding carboxylic acids is 1. The lowest BCUT2D eigenvalue weighted by Gasteiger charge is -2.11. The molecule has 0 atom stereocenters. The van der Waals surface area contributed by atoms with E-state index in [-0.39, 0.29) is 12.3 Å².